The van der Waals surface area contributed by atoms with E-state index in [0.29, 0.717) is 5.56 Å². The van der Waals surface area contributed by atoms with E-state index in [1.807, 2.05) is 36.4 Å². The number of hydrogen-bond acceptors (Lipinski definition) is 4. The molecule has 0 aliphatic carbocycles. The van der Waals surface area contributed by atoms with Gasteiger partial charge in [-0.2, -0.15) is 0 Å². The summed E-state index contributed by atoms with van der Waals surface area (Å²) in [6.45, 7) is 0.281. The number of carbonyl (C=O) groups is 1. The van der Waals surface area contributed by atoms with Crippen LogP contribution in [0.1, 0.15) is 15.9 Å². The number of fused-ring (bicyclic) bond motifs is 1. The largest absolute Gasteiger partial charge is 0.348 e. The van der Waals surface area contributed by atoms with Gasteiger partial charge in [0.1, 0.15) is 0 Å². The van der Waals surface area contributed by atoms with Crippen LogP contribution >= 0.6 is 0 Å². The zero-order chi connectivity index (χ0) is 23.5. The van der Waals surface area contributed by atoms with Crippen molar-refractivity contribution >= 4 is 26.8 Å². The number of aromatic nitrogens is 2. The summed E-state index contributed by atoms with van der Waals surface area (Å²) in [4.78, 5) is 20.1. The Morgan fingerprint density at radius 3 is 2.35 bits per heavy atom. The smallest absolute Gasteiger partial charge is 0.251 e. The monoisotopic (exact) mass is 467 g/mol. The fraction of sp³-hybridized carbons (Fsp3) is 0.0370. The minimum absolute atomic E-state index is 0.206. The topological polar surface area (TPSA) is 91.9 Å². The van der Waals surface area contributed by atoms with Gasteiger partial charge >= 0.3 is 0 Å². The number of hydrogen-bond donors (Lipinski definition) is 2. The predicted molar refractivity (Wildman–Crippen MR) is 131 cm³/mol. The third-order valence-corrected chi connectivity index (χ3v) is 7.39. The second-order valence-electron chi connectivity index (χ2n) is 7.86. The third-order valence-electron chi connectivity index (χ3n) is 5.62. The van der Waals surface area contributed by atoms with Crippen LogP contribution in [0.4, 0.5) is 0 Å². The van der Waals surface area contributed by atoms with Gasteiger partial charge in [-0.1, -0.05) is 54.6 Å². The highest BCUT2D eigenvalue weighted by molar-refractivity contribution is 7.91. The van der Waals surface area contributed by atoms with Crippen molar-refractivity contribution in [2.45, 2.75) is 16.3 Å². The molecule has 0 aliphatic heterocycles. The van der Waals surface area contributed by atoms with Crippen LogP contribution in [0, 0.1) is 0 Å². The molecule has 5 rings (SSSR count). The maximum atomic E-state index is 13.2. The van der Waals surface area contributed by atoms with Crippen molar-refractivity contribution < 1.29 is 13.2 Å². The molecular formula is C27H21N3O3S. The molecular weight excluding hydrogens is 446 g/mol. The van der Waals surface area contributed by atoms with Crippen molar-refractivity contribution in [2.24, 2.45) is 0 Å². The molecule has 1 heterocycles. The Balaban J connectivity index is 1.30. The Morgan fingerprint density at radius 2 is 1.56 bits per heavy atom. The van der Waals surface area contributed by atoms with Gasteiger partial charge in [-0.3, -0.25) is 4.79 Å². The molecule has 0 spiro atoms. The summed E-state index contributed by atoms with van der Waals surface area (Å²) in [7, 11) is -3.67. The van der Waals surface area contributed by atoms with Crippen molar-refractivity contribution in [1.82, 2.24) is 15.3 Å². The number of nitrogens with zero attached hydrogens (tertiary/aromatic N) is 1. The lowest BCUT2D eigenvalue weighted by Gasteiger charge is -2.09. The molecule has 5 aromatic rings. The van der Waals surface area contributed by atoms with Crippen molar-refractivity contribution in [2.75, 3.05) is 0 Å². The maximum absolute atomic E-state index is 13.2. The van der Waals surface area contributed by atoms with Crippen molar-refractivity contribution in [3.63, 3.8) is 0 Å². The molecule has 7 heteroatoms. The summed E-state index contributed by atoms with van der Waals surface area (Å²) in [6, 6.07) is 28.4. The number of amides is 1. The van der Waals surface area contributed by atoms with E-state index in [4.69, 9.17) is 0 Å². The van der Waals surface area contributed by atoms with E-state index in [1.165, 1.54) is 0 Å². The first kappa shape index (κ1) is 21.6. The number of H-pyrrole nitrogens is 1. The number of benzene rings is 4. The first-order valence-corrected chi connectivity index (χ1v) is 12.2. The summed E-state index contributed by atoms with van der Waals surface area (Å²) in [5.41, 5.74) is 4.70. The van der Waals surface area contributed by atoms with Crippen LogP contribution in [0.15, 0.2) is 113 Å². The molecule has 1 amide bonds. The minimum Gasteiger partial charge on any atom is -0.348 e. The van der Waals surface area contributed by atoms with E-state index in [2.05, 4.69) is 15.3 Å². The fourth-order valence-corrected chi connectivity index (χ4v) is 5.06. The Hall–Kier alpha value is -4.23. The highest BCUT2D eigenvalue weighted by atomic mass is 32.2. The SMILES string of the molecule is O=C(NCc1ccc(S(=O)(=O)c2cccc(-c3ccccc3)c2)cc1)c1ccc2nc[nH]c2c1. The molecule has 168 valence electrons. The molecule has 0 bridgehead atoms. The molecule has 0 saturated heterocycles. The number of aromatic amines is 1. The number of carbonyl (C=O) groups excluding carboxylic acids is 1. The van der Waals surface area contributed by atoms with Gasteiger partial charge in [0.15, 0.2) is 0 Å². The number of rotatable bonds is 6. The van der Waals surface area contributed by atoms with Gasteiger partial charge in [0.05, 0.1) is 27.2 Å². The fourth-order valence-electron chi connectivity index (χ4n) is 3.76. The molecule has 0 saturated carbocycles. The quantitative estimate of drug-likeness (QED) is 0.368. The van der Waals surface area contributed by atoms with Gasteiger partial charge in [0, 0.05) is 12.1 Å². The lowest BCUT2D eigenvalue weighted by atomic mass is 10.1. The summed E-state index contributed by atoms with van der Waals surface area (Å²) in [5.74, 6) is -0.217. The van der Waals surface area contributed by atoms with Gasteiger partial charge in [0.25, 0.3) is 5.91 Å². The van der Waals surface area contributed by atoms with Crippen LogP contribution in [0.2, 0.25) is 0 Å². The summed E-state index contributed by atoms with van der Waals surface area (Å²) in [6.07, 6.45) is 1.58. The zero-order valence-electron chi connectivity index (χ0n) is 18.1. The van der Waals surface area contributed by atoms with Crippen molar-refractivity contribution in [1.29, 1.82) is 0 Å². The summed E-state index contributed by atoms with van der Waals surface area (Å²) >= 11 is 0. The molecule has 6 nitrogen and oxygen atoms in total. The average molecular weight is 468 g/mol. The Kier molecular flexibility index (Phi) is 5.69. The van der Waals surface area contributed by atoms with Crippen molar-refractivity contribution in [3.8, 4) is 11.1 Å². The molecule has 34 heavy (non-hydrogen) atoms. The van der Waals surface area contributed by atoms with Crippen molar-refractivity contribution in [3.05, 3.63) is 115 Å². The second kappa shape index (κ2) is 8.96. The molecule has 1 aromatic heterocycles. The standard InChI is InChI=1S/C27H21N3O3S/c31-27(22-11-14-25-26(16-22)30-18-29-25)28-17-19-9-12-23(13-10-19)34(32,33)24-8-4-7-21(15-24)20-5-2-1-3-6-20/h1-16,18H,17H2,(H,28,31)(H,29,30). The van der Waals surface area contributed by atoms with Gasteiger partial charge in [-0.05, 0) is 59.2 Å². The molecule has 0 radical (unpaired) electrons. The molecule has 0 aliphatic rings. The molecule has 4 aromatic carbocycles. The van der Waals surface area contributed by atoms with Crippen LogP contribution in [0.3, 0.4) is 0 Å². The number of nitrogens with one attached hydrogen (secondary N) is 2. The summed E-state index contributed by atoms with van der Waals surface area (Å²) in [5, 5.41) is 2.86. The molecule has 0 unspecified atom stereocenters. The van der Waals surface area contributed by atoms with Gasteiger partial charge in [-0.25, -0.2) is 13.4 Å². The third kappa shape index (κ3) is 4.33. The first-order valence-electron chi connectivity index (χ1n) is 10.7. The van der Waals surface area contributed by atoms with Crippen LogP contribution in [-0.2, 0) is 16.4 Å². The van der Waals surface area contributed by atoms with Gasteiger partial charge in [-0.15, -0.1) is 0 Å². The average Bonchev–Trinajstić information content (AvgIpc) is 3.36. The van der Waals surface area contributed by atoms with E-state index < -0.39 is 9.84 Å². The van der Waals surface area contributed by atoms with Gasteiger partial charge < -0.3 is 10.3 Å². The molecule has 0 atom stereocenters. The molecule has 2 N–H and O–H groups in total. The molecule has 0 fully saturated rings. The number of sulfone groups is 1. The second-order valence-corrected chi connectivity index (χ2v) is 9.81. The maximum Gasteiger partial charge on any atom is 0.251 e. The van der Waals surface area contributed by atoms with E-state index in [1.54, 1.807) is 67.0 Å². The zero-order valence-corrected chi connectivity index (χ0v) is 18.9. The highest BCUT2D eigenvalue weighted by Crippen LogP contribution is 2.26. The van der Waals surface area contributed by atoms with Crippen LogP contribution < -0.4 is 5.32 Å². The normalized spacial score (nSPS) is 11.4. The van der Waals surface area contributed by atoms with Crippen LogP contribution in [0.25, 0.3) is 22.2 Å². The van der Waals surface area contributed by atoms with Crippen LogP contribution in [-0.4, -0.2) is 24.3 Å². The Labute approximate surface area is 197 Å². The van der Waals surface area contributed by atoms with E-state index in [9.17, 15) is 13.2 Å². The minimum atomic E-state index is -3.67. The lowest BCUT2D eigenvalue weighted by Crippen LogP contribution is -2.22. The van der Waals surface area contributed by atoms with E-state index in [0.717, 1.165) is 27.7 Å². The highest BCUT2D eigenvalue weighted by Gasteiger charge is 2.18. The van der Waals surface area contributed by atoms with E-state index in [-0.39, 0.29) is 22.2 Å². The first-order chi connectivity index (χ1) is 16.5. The van der Waals surface area contributed by atoms with Gasteiger partial charge in [0.2, 0.25) is 9.84 Å². The Morgan fingerprint density at radius 1 is 0.794 bits per heavy atom. The number of imidazole rings is 1. The summed E-state index contributed by atoms with van der Waals surface area (Å²) < 4.78 is 26.4. The lowest BCUT2D eigenvalue weighted by molar-refractivity contribution is 0.0951. The van der Waals surface area contributed by atoms with Crippen LogP contribution in [0.5, 0.6) is 0 Å². The predicted octanol–water partition coefficient (Wildman–Crippen LogP) is 4.99. The van der Waals surface area contributed by atoms with E-state index >= 15 is 0 Å². The Bertz CT molecular complexity index is 1570.